The number of rotatable bonds is 5. The second kappa shape index (κ2) is 7.66. The van der Waals surface area contributed by atoms with Crippen molar-refractivity contribution in [2.24, 2.45) is 0 Å². The highest BCUT2D eigenvalue weighted by molar-refractivity contribution is 14.1. The maximum atomic E-state index is 11.8. The Balaban J connectivity index is 2.33. The summed E-state index contributed by atoms with van der Waals surface area (Å²) >= 11 is 2.09. The first-order valence-electron chi connectivity index (χ1n) is 5.31. The van der Waals surface area contributed by atoms with E-state index >= 15 is 0 Å². The number of halogens is 1. The van der Waals surface area contributed by atoms with Crippen LogP contribution in [0.4, 0.5) is 0 Å². The van der Waals surface area contributed by atoms with Crippen molar-refractivity contribution >= 4 is 34.4 Å². The van der Waals surface area contributed by atoms with Gasteiger partial charge in [-0.2, -0.15) is 5.26 Å². The van der Waals surface area contributed by atoms with Crippen molar-refractivity contribution in [3.63, 3.8) is 0 Å². The van der Waals surface area contributed by atoms with Gasteiger partial charge in [-0.3, -0.25) is 9.59 Å². The second-order valence-electron chi connectivity index (χ2n) is 3.42. The van der Waals surface area contributed by atoms with Crippen LogP contribution >= 0.6 is 22.6 Å². The molecule has 1 aromatic carbocycles. The van der Waals surface area contributed by atoms with Crippen molar-refractivity contribution in [3.8, 4) is 6.07 Å². The predicted molar refractivity (Wildman–Crippen MR) is 74.7 cm³/mol. The maximum Gasteiger partial charge on any atom is 0.252 e. The summed E-state index contributed by atoms with van der Waals surface area (Å²) in [5.74, 6) is -0.504. The molecule has 0 heterocycles. The number of benzene rings is 1. The summed E-state index contributed by atoms with van der Waals surface area (Å²) in [6, 6.07) is 9.00. The van der Waals surface area contributed by atoms with Gasteiger partial charge in [0.1, 0.15) is 6.42 Å². The van der Waals surface area contributed by atoms with E-state index in [0.717, 1.165) is 3.57 Å². The van der Waals surface area contributed by atoms with Gasteiger partial charge in [0.2, 0.25) is 5.91 Å². The molecule has 0 aliphatic carbocycles. The quantitative estimate of drug-likeness (QED) is 0.611. The summed E-state index contributed by atoms with van der Waals surface area (Å²) < 4.78 is 0.876. The van der Waals surface area contributed by atoms with Crippen LogP contribution in [0, 0.1) is 14.9 Å². The summed E-state index contributed by atoms with van der Waals surface area (Å²) in [6.45, 7) is 0.649. The van der Waals surface area contributed by atoms with Crippen LogP contribution in [0.3, 0.4) is 0 Å². The van der Waals surface area contributed by atoms with Gasteiger partial charge in [0, 0.05) is 16.7 Å². The molecule has 0 bridgehead atoms. The Morgan fingerprint density at radius 3 is 2.56 bits per heavy atom. The molecule has 2 amide bonds. The Labute approximate surface area is 119 Å². The molecule has 5 nitrogen and oxygen atoms in total. The highest BCUT2D eigenvalue weighted by Gasteiger charge is 2.08. The van der Waals surface area contributed by atoms with Crippen LogP contribution in [0.25, 0.3) is 0 Å². The van der Waals surface area contributed by atoms with Crippen molar-refractivity contribution in [2.45, 2.75) is 6.42 Å². The van der Waals surface area contributed by atoms with Crippen molar-refractivity contribution in [3.05, 3.63) is 33.4 Å². The van der Waals surface area contributed by atoms with E-state index in [4.69, 9.17) is 5.26 Å². The monoisotopic (exact) mass is 357 g/mol. The minimum atomic E-state index is -0.332. The van der Waals surface area contributed by atoms with Gasteiger partial charge in [-0.1, -0.05) is 12.1 Å². The average Bonchev–Trinajstić information content (AvgIpc) is 2.35. The van der Waals surface area contributed by atoms with Crippen molar-refractivity contribution in [1.82, 2.24) is 10.6 Å². The van der Waals surface area contributed by atoms with Gasteiger partial charge in [0.05, 0.1) is 11.6 Å². The van der Waals surface area contributed by atoms with Crippen molar-refractivity contribution in [1.29, 1.82) is 5.26 Å². The molecular formula is C12H12IN3O2. The van der Waals surface area contributed by atoms with Gasteiger partial charge >= 0.3 is 0 Å². The largest absolute Gasteiger partial charge is 0.353 e. The fourth-order valence-corrected chi connectivity index (χ4v) is 1.89. The van der Waals surface area contributed by atoms with E-state index in [9.17, 15) is 9.59 Å². The highest BCUT2D eigenvalue weighted by Crippen LogP contribution is 2.10. The minimum absolute atomic E-state index is 0.162. The molecule has 0 radical (unpaired) electrons. The number of nitrogens with one attached hydrogen (secondary N) is 2. The summed E-state index contributed by atoms with van der Waals surface area (Å²) in [5, 5.41) is 13.5. The Hall–Kier alpha value is -1.62. The number of hydrogen-bond acceptors (Lipinski definition) is 3. The molecule has 0 spiro atoms. The summed E-state index contributed by atoms with van der Waals surface area (Å²) in [5.41, 5.74) is 0.612. The fraction of sp³-hybridized carbons (Fsp3) is 0.250. The lowest BCUT2D eigenvalue weighted by molar-refractivity contribution is -0.120. The smallest absolute Gasteiger partial charge is 0.252 e. The molecule has 0 aromatic heterocycles. The van der Waals surface area contributed by atoms with Crippen molar-refractivity contribution < 1.29 is 9.59 Å². The molecule has 1 aromatic rings. The topological polar surface area (TPSA) is 82.0 Å². The van der Waals surface area contributed by atoms with Gasteiger partial charge in [-0.05, 0) is 34.7 Å². The summed E-state index contributed by atoms with van der Waals surface area (Å²) in [4.78, 5) is 22.7. The van der Waals surface area contributed by atoms with Crippen LogP contribution in [0.5, 0.6) is 0 Å². The molecule has 0 atom stereocenters. The summed E-state index contributed by atoms with van der Waals surface area (Å²) in [7, 11) is 0. The number of nitriles is 1. The zero-order chi connectivity index (χ0) is 13.4. The fourth-order valence-electron chi connectivity index (χ4n) is 1.25. The van der Waals surface area contributed by atoms with Crippen LogP contribution in [0.15, 0.2) is 24.3 Å². The summed E-state index contributed by atoms with van der Waals surface area (Å²) in [6.07, 6.45) is -0.162. The van der Waals surface area contributed by atoms with E-state index in [1.807, 2.05) is 12.1 Å². The van der Waals surface area contributed by atoms with Gasteiger partial charge in [-0.25, -0.2) is 0 Å². The number of carbonyl (C=O) groups is 2. The number of carbonyl (C=O) groups excluding carboxylic acids is 2. The lowest BCUT2D eigenvalue weighted by Gasteiger charge is -2.07. The molecule has 1 rings (SSSR count). The molecular weight excluding hydrogens is 345 g/mol. The Kier molecular flexibility index (Phi) is 6.14. The van der Waals surface area contributed by atoms with Gasteiger partial charge in [0.15, 0.2) is 0 Å². The van der Waals surface area contributed by atoms with Gasteiger partial charge < -0.3 is 10.6 Å². The first kappa shape index (κ1) is 14.4. The zero-order valence-corrected chi connectivity index (χ0v) is 11.7. The van der Waals surface area contributed by atoms with Crippen LogP contribution in [0.2, 0.25) is 0 Å². The van der Waals surface area contributed by atoms with Gasteiger partial charge in [-0.15, -0.1) is 0 Å². The normalized spacial score (nSPS) is 9.33. The van der Waals surface area contributed by atoms with Crippen LogP contribution < -0.4 is 10.6 Å². The van der Waals surface area contributed by atoms with E-state index in [-0.39, 0.29) is 18.2 Å². The number of amides is 2. The van der Waals surface area contributed by atoms with Gasteiger partial charge in [0.25, 0.3) is 5.91 Å². The number of hydrogen-bond donors (Lipinski definition) is 2. The molecule has 0 fully saturated rings. The third-order valence-corrected chi connectivity index (χ3v) is 3.03. The molecule has 0 saturated carbocycles. The third kappa shape index (κ3) is 4.71. The zero-order valence-electron chi connectivity index (χ0n) is 9.57. The van der Waals surface area contributed by atoms with Crippen LogP contribution in [-0.4, -0.2) is 24.9 Å². The van der Waals surface area contributed by atoms with E-state index in [1.165, 1.54) is 0 Å². The standard InChI is InChI=1S/C12H12IN3O2/c13-10-4-2-1-3-9(10)12(18)16-8-7-15-11(17)5-6-14/h1-4H,5,7-8H2,(H,15,17)(H,16,18). The predicted octanol–water partition coefficient (Wildman–Crippen LogP) is 1.05. The molecule has 0 unspecified atom stereocenters. The number of nitrogens with zero attached hydrogens (tertiary/aromatic N) is 1. The molecule has 6 heteroatoms. The SMILES string of the molecule is N#CCC(=O)NCCNC(=O)c1ccccc1I. The Bertz CT molecular complexity index is 482. The highest BCUT2D eigenvalue weighted by atomic mass is 127. The first-order valence-corrected chi connectivity index (χ1v) is 6.39. The second-order valence-corrected chi connectivity index (χ2v) is 4.58. The Morgan fingerprint density at radius 1 is 1.22 bits per heavy atom. The average molecular weight is 357 g/mol. The Morgan fingerprint density at radius 2 is 1.89 bits per heavy atom. The molecule has 94 valence electrons. The van der Waals surface area contributed by atoms with E-state index in [0.29, 0.717) is 18.7 Å². The lowest BCUT2D eigenvalue weighted by atomic mass is 10.2. The first-order chi connectivity index (χ1) is 8.65. The minimum Gasteiger partial charge on any atom is -0.353 e. The van der Waals surface area contributed by atoms with E-state index in [1.54, 1.807) is 18.2 Å². The van der Waals surface area contributed by atoms with Crippen molar-refractivity contribution in [2.75, 3.05) is 13.1 Å². The molecule has 2 N–H and O–H groups in total. The van der Waals surface area contributed by atoms with Crippen LogP contribution in [0.1, 0.15) is 16.8 Å². The molecule has 0 aliphatic heterocycles. The third-order valence-electron chi connectivity index (χ3n) is 2.09. The molecule has 0 aliphatic rings. The molecule has 0 saturated heterocycles. The molecule has 18 heavy (non-hydrogen) atoms. The lowest BCUT2D eigenvalue weighted by Crippen LogP contribution is -2.34. The van der Waals surface area contributed by atoms with E-state index < -0.39 is 0 Å². The van der Waals surface area contributed by atoms with E-state index in [2.05, 4.69) is 33.2 Å². The van der Waals surface area contributed by atoms with Crippen LogP contribution in [-0.2, 0) is 4.79 Å². The maximum absolute atomic E-state index is 11.8.